The Balaban J connectivity index is 1.85. The fourth-order valence-corrected chi connectivity index (χ4v) is 4.00. The van der Waals surface area contributed by atoms with Crippen LogP contribution in [0.3, 0.4) is 0 Å². The van der Waals surface area contributed by atoms with Crippen LogP contribution in [0.1, 0.15) is 0 Å². The van der Waals surface area contributed by atoms with Crippen LogP contribution < -0.4 is 5.32 Å². The molecule has 0 spiro atoms. The lowest BCUT2D eigenvalue weighted by Crippen LogP contribution is -1.91. The van der Waals surface area contributed by atoms with Crippen LogP contribution in [0.5, 0.6) is 0 Å². The van der Waals surface area contributed by atoms with Gasteiger partial charge in [-0.25, -0.2) is 14.4 Å². The second-order valence-electron chi connectivity index (χ2n) is 5.37. The van der Waals surface area contributed by atoms with Gasteiger partial charge in [0.2, 0.25) is 0 Å². The average Bonchev–Trinajstić information content (AvgIpc) is 3.30. The SMILES string of the molecule is Fc1cc(-c2nc(Nc3ccccc3Cl)sc2-c2nc[nH]n2)c(Cl)cc1Cl. The molecule has 0 saturated carbocycles. The van der Waals surface area contributed by atoms with Gasteiger partial charge in [-0.1, -0.05) is 58.3 Å². The van der Waals surface area contributed by atoms with Crippen molar-refractivity contribution in [3.63, 3.8) is 0 Å². The molecule has 2 heterocycles. The van der Waals surface area contributed by atoms with E-state index in [9.17, 15) is 4.39 Å². The maximum Gasteiger partial charge on any atom is 0.193 e. The molecular weight excluding hydrogens is 432 g/mol. The van der Waals surface area contributed by atoms with Crippen LogP contribution in [0, 0.1) is 5.82 Å². The molecule has 0 aliphatic heterocycles. The molecule has 0 atom stereocenters. The van der Waals surface area contributed by atoms with Crippen molar-refractivity contribution in [1.29, 1.82) is 0 Å². The molecule has 0 unspecified atom stereocenters. The minimum Gasteiger partial charge on any atom is -0.330 e. The standard InChI is InChI=1S/C17H9Cl3FN5S/c18-9-3-1-2-4-13(9)24-17-25-14(15(27-17)16-22-7-23-26-16)8-5-12(21)11(20)6-10(8)19/h1-7H,(H,24,25)(H,22,23,26). The summed E-state index contributed by atoms with van der Waals surface area (Å²) in [5, 5.41) is 11.2. The molecule has 0 radical (unpaired) electrons. The normalized spacial score (nSPS) is 11.0. The number of thiazole rings is 1. The number of aromatic nitrogens is 4. The number of hydrogen-bond acceptors (Lipinski definition) is 5. The van der Waals surface area contributed by atoms with E-state index in [0.29, 0.717) is 37.8 Å². The van der Waals surface area contributed by atoms with Gasteiger partial charge in [-0.3, -0.25) is 5.10 Å². The van der Waals surface area contributed by atoms with Crippen LogP contribution in [-0.4, -0.2) is 20.2 Å². The fourth-order valence-electron chi connectivity index (χ4n) is 2.41. The highest BCUT2D eigenvalue weighted by Gasteiger charge is 2.21. The lowest BCUT2D eigenvalue weighted by molar-refractivity contribution is 0.629. The maximum atomic E-state index is 14.0. The molecule has 0 aliphatic carbocycles. The Morgan fingerprint density at radius 3 is 2.59 bits per heavy atom. The first-order valence-corrected chi connectivity index (χ1v) is 9.51. The van der Waals surface area contributed by atoms with Gasteiger partial charge in [-0.05, 0) is 24.3 Å². The Bertz CT molecular complexity index is 1110. The first-order chi connectivity index (χ1) is 13.0. The van der Waals surface area contributed by atoms with Crippen molar-refractivity contribution in [3.8, 4) is 22.0 Å². The van der Waals surface area contributed by atoms with Gasteiger partial charge >= 0.3 is 0 Å². The third-order valence-electron chi connectivity index (χ3n) is 3.63. The summed E-state index contributed by atoms with van der Waals surface area (Å²) >= 11 is 19.6. The van der Waals surface area contributed by atoms with Gasteiger partial charge in [0, 0.05) is 5.56 Å². The van der Waals surface area contributed by atoms with E-state index in [2.05, 4.69) is 25.5 Å². The molecule has 0 aliphatic rings. The minimum absolute atomic E-state index is 0.0622. The van der Waals surface area contributed by atoms with E-state index in [1.54, 1.807) is 6.07 Å². The second-order valence-corrected chi connectivity index (χ2v) is 7.59. The summed E-state index contributed by atoms with van der Waals surface area (Å²) in [5.41, 5.74) is 1.52. The summed E-state index contributed by atoms with van der Waals surface area (Å²) in [5.74, 6) is -0.174. The van der Waals surface area contributed by atoms with Gasteiger partial charge in [0.1, 0.15) is 17.0 Å². The summed E-state index contributed by atoms with van der Waals surface area (Å²) in [6, 6.07) is 9.86. The summed E-state index contributed by atoms with van der Waals surface area (Å²) in [6.07, 6.45) is 1.45. The highest BCUT2D eigenvalue weighted by Crippen LogP contribution is 2.42. The number of aromatic amines is 1. The molecule has 27 heavy (non-hydrogen) atoms. The molecule has 0 fully saturated rings. The monoisotopic (exact) mass is 439 g/mol. The van der Waals surface area contributed by atoms with Crippen LogP contribution in [-0.2, 0) is 0 Å². The first-order valence-electron chi connectivity index (χ1n) is 7.56. The average molecular weight is 441 g/mol. The Morgan fingerprint density at radius 1 is 1.04 bits per heavy atom. The molecule has 0 saturated heterocycles. The number of rotatable bonds is 4. The first kappa shape index (κ1) is 18.2. The zero-order valence-electron chi connectivity index (χ0n) is 13.3. The van der Waals surface area contributed by atoms with Crippen LogP contribution in [0.25, 0.3) is 22.0 Å². The van der Waals surface area contributed by atoms with Gasteiger partial charge in [-0.2, -0.15) is 5.10 Å². The van der Waals surface area contributed by atoms with Crippen LogP contribution in [0.15, 0.2) is 42.7 Å². The molecule has 4 aromatic rings. The van der Waals surface area contributed by atoms with Crippen molar-refractivity contribution < 1.29 is 4.39 Å². The predicted molar refractivity (Wildman–Crippen MR) is 108 cm³/mol. The summed E-state index contributed by atoms with van der Waals surface area (Å²) in [4.78, 5) is 9.35. The van der Waals surface area contributed by atoms with Crippen molar-refractivity contribution in [2.24, 2.45) is 0 Å². The number of halogens is 4. The molecule has 2 aromatic heterocycles. The zero-order chi connectivity index (χ0) is 19.0. The van der Waals surface area contributed by atoms with Gasteiger partial charge in [0.05, 0.1) is 26.4 Å². The van der Waals surface area contributed by atoms with Gasteiger partial charge in [0.15, 0.2) is 11.0 Å². The minimum atomic E-state index is -0.592. The molecule has 2 N–H and O–H groups in total. The molecule has 0 bridgehead atoms. The Labute approximate surface area is 172 Å². The molecule has 136 valence electrons. The van der Waals surface area contributed by atoms with Crippen LogP contribution in [0.4, 0.5) is 15.2 Å². The molecule has 5 nitrogen and oxygen atoms in total. The molecule has 2 aromatic carbocycles. The number of hydrogen-bond donors (Lipinski definition) is 2. The number of para-hydroxylation sites is 1. The summed E-state index contributed by atoms with van der Waals surface area (Å²) in [6.45, 7) is 0. The molecular formula is C17H9Cl3FN5S. The van der Waals surface area contributed by atoms with Gasteiger partial charge in [0.25, 0.3) is 0 Å². The number of nitrogens with zero attached hydrogens (tertiary/aromatic N) is 3. The van der Waals surface area contributed by atoms with E-state index in [1.165, 1.54) is 29.8 Å². The summed E-state index contributed by atoms with van der Waals surface area (Å²) < 4.78 is 14.0. The molecule has 4 rings (SSSR count). The fraction of sp³-hybridized carbons (Fsp3) is 0. The third kappa shape index (κ3) is 3.64. The van der Waals surface area contributed by atoms with Gasteiger partial charge < -0.3 is 5.32 Å². The summed E-state index contributed by atoms with van der Waals surface area (Å²) in [7, 11) is 0. The van der Waals surface area contributed by atoms with Crippen molar-refractivity contribution in [3.05, 3.63) is 63.6 Å². The zero-order valence-corrected chi connectivity index (χ0v) is 16.4. The quantitative estimate of drug-likeness (QED) is 0.358. The van der Waals surface area contributed by atoms with E-state index in [1.807, 2.05) is 18.2 Å². The molecule has 10 heteroatoms. The highest BCUT2D eigenvalue weighted by atomic mass is 35.5. The highest BCUT2D eigenvalue weighted by molar-refractivity contribution is 7.19. The van der Waals surface area contributed by atoms with E-state index >= 15 is 0 Å². The van der Waals surface area contributed by atoms with E-state index in [0.717, 1.165) is 0 Å². The predicted octanol–water partition coefficient (Wildman–Crippen LogP) is 6.44. The Morgan fingerprint density at radius 2 is 1.85 bits per heavy atom. The number of H-pyrrole nitrogens is 1. The van der Waals surface area contributed by atoms with Crippen molar-refractivity contribution in [2.75, 3.05) is 5.32 Å². The maximum absolute atomic E-state index is 14.0. The van der Waals surface area contributed by atoms with Crippen LogP contribution >= 0.6 is 46.1 Å². The van der Waals surface area contributed by atoms with Crippen LogP contribution in [0.2, 0.25) is 15.1 Å². The van der Waals surface area contributed by atoms with Crippen molar-refractivity contribution >= 4 is 57.0 Å². The Hall–Kier alpha value is -2.19. The van der Waals surface area contributed by atoms with Gasteiger partial charge in [-0.15, -0.1) is 0 Å². The second kappa shape index (κ2) is 7.44. The Kier molecular flexibility index (Phi) is 5.01. The topological polar surface area (TPSA) is 66.5 Å². The lowest BCUT2D eigenvalue weighted by Gasteiger charge is -2.05. The van der Waals surface area contributed by atoms with Crippen molar-refractivity contribution in [2.45, 2.75) is 0 Å². The molecule has 0 amide bonds. The third-order valence-corrected chi connectivity index (χ3v) is 5.52. The van der Waals surface area contributed by atoms with E-state index in [4.69, 9.17) is 34.8 Å². The number of benzene rings is 2. The smallest absolute Gasteiger partial charge is 0.193 e. The number of nitrogens with one attached hydrogen (secondary N) is 2. The number of anilines is 2. The van der Waals surface area contributed by atoms with E-state index < -0.39 is 5.82 Å². The van der Waals surface area contributed by atoms with Crippen molar-refractivity contribution in [1.82, 2.24) is 20.2 Å². The largest absolute Gasteiger partial charge is 0.330 e. The lowest BCUT2D eigenvalue weighted by atomic mass is 10.1. The van der Waals surface area contributed by atoms with E-state index in [-0.39, 0.29) is 10.0 Å².